The van der Waals surface area contributed by atoms with E-state index in [1.54, 1.807) is 0 Å². The number of fused-ring (bicyclic) bond motifs is 2. The molecule has 4 nitrogen and oxygen atoms in total. The first-order chi connectivity index (χ1) is 15.6. The molecule has 0 radical (unpaired) electrons. The quantitative estimate of drug-likeness (QED) is 0.561. The number of allylic oxidation sites excluding steroid dienone is 1. The van der Waals surface area contributed by atoms with Gasteiger partial charge in [0, 0.05) is 54.1 Å². The Balaban J connectivity index is 1.16. The minimum Gasteiger partial charge on any atom is -0.368 e. The smallest absolute Gasteiger partial charge is 0.256 e. The van der Waals surface area contributed by atoms with E-state index in [0.717, 1.165) is 68.0 Å². The Bertz CT molecular complexity index is 1180. The zero-order valence-corrected chi connectivity index (χ0v) is 19.0. The third-order valence-corrected chi connectivity index (χ3v) is 6.75. The third kappa shape index (κ3) is 4.03. The second kappa shape index (κ2) is 8.79. The van der Waals surface area contributed by atoms with E-state index in [-0.39, 0.29) is 5.91 Å². The van der Waals surface area contributed by atoms with E-state index in [1.807, 2.05) is 13.8 Å². The molecule has 0 atom stereocenters. The maximum absolute atomic E-state index is 12.2. The van der Waals surface area contributed by atoms with Crippen LogP contribution in [0.2, 0.25) is 0 Å². The summed E-state index contributed by atoms with van der Waals surface area (Å²) in [5, 5.41) is 5.65. The number of carbonyl (C=O) groups excluding carboxylic acids is 1. The topological polar surface area (TPSA) is 35.6 Å². The van der Waals surface area contributed by atoms with Crippen LogP contribution in [0.3, 0.4) is 0 Å². The molecule has 0 aromatic heterocycles. The van der Waals surface area contributed by atoms with Crippen LogP contribution in [0.1, 0.15) is 31.4 Å². The van der Waals surface area contributed by atoms with Gasteiger partial charge in [0.15, 0.2) is 0 Å². The summed E-state index contributed by atoms with van der Waals surface area (Å²) in [4.78, 5) is 17.3. The molecule has 1 N–H and O–H groups in total. The highest BCUT2D eigenvalue weighted by Gasteiger charge is 2.25. The first-order valence-electron chi connectivity index (χ1n) is 11.7. The van der Waals surface area contributed by atoms with Gasteiger partial charge in [0.25, 0.3) is 5.91 Å². The Morgan fingerprint density at radius 3 is 2.53 bits per heavy atom. The summed E-state index contributed by atoms with van der Waals surface area (Å²) < 4.78 is 0. The van der Waals surface area contributed by atoms with Crippen LogP contribution in [0.4, 0.5) is 11.4 Å². The molecule has 5 rings (SSSR count). The number of nitrogens with one attached hydrogen (secondary N) is 1. The number of rotatable bonds is 5. The van der Waals surface area contributed by atoms with Crippen LogP contribution in [0.25, 0.3) is 16.3 Å². The number of piperazine rings is 1. The monoisotopic (exact) mass is 425 g/mol. The summed E-state index contributed by atoms with van der Waals surface area (Å²) in [7, 11) is 0. The SMILES string of the molecule is CC(C)=C1C(=O)Nc2ccc(CCCN3CCN(c4cccc5ccccc45)CC3)cc21. The van der Waals surface area contributed by atoms with Crippen LogP contribution >= 0.6 is 0 Å². The number of amides is 1. The van der Waals surface area contributed by atoms with Crippen LogP contribution in [0.15, 0.2) is 66.2 Å². The first kappa shape index (κ1) is 20.8. The van der Waals surface area contributed by atoms with Gasteiger partial charge in [-0.25, -0.2) is 0 Å². The molecule has 2 heterocycles. The highest BCUT2D eigenvalue weighted by atomic mass is 16.2. The van der Waals surface area contributed by atoms with Crippen molar-refractivity contribution < 1.29 is 4.79 Å². The van der Waals surface area contributed by atoms with Gasteiger partial charge in [0.05, 0.1) is 0 Å². The third-order valence-electron chi connectivity index (χ3n) is 6.75. The fourth-order valence-corrected chi connectivity index (χ4v) is 5.07. The first-order valence-corrected chi connectivity index (χ1v) is 11.7. The molecular formula is C28H31N3O. The van der Waals surface area contributed by atoms with E-state index in [9.17, 15) is 4.79 Å². The van der Waals surface area contributed by atoms with Gasteiger partial charge in [0.1, 0.15) is 0 Å². The van der Waals surface area contributed by atoms with E-state index in [2.05, 4.69) is 75.8 Å². The summed E-state index contributed by atoms with van der Waals surface area (Å²) in [6.07, 6.45) is 2.18. The van der Waals surface area contributed by atoms with Gasteiger partial charge in [-0.05, 0) is 62.4 Å². The molecular weight excluding hydrogens is 394 g/mol. The van der Waals surface area contributed by atoms with Gasteiger partial charge < -0.3 is 10.2 Å². The second-order valence-corrected chi connectivity index (χ2v) is 9.14. The lowest BCUT2D eigenvalue weighted by Gasteiger charge is -2.36. The van der Waals surface area contributed by atoms with Gasteiger partial charge in [-0.15, -0.1) is 0 Å². The predicted octanol–water partition coefficient (Wildman–Crippen LogP) is 5.34. The highest BCUT2D eigenvalue weighted by Crippen LogP contribution is 2.34. The van der Waals surface area contributed by atoms with Crippen LogP contribution in [0.5, 0.6) is 0 Å². The zero-order chi connectivity index (χ0) is 22.1. The maximum Gasteiger partial charge on any atom is 0.256 e. The Hall–Kier alpha value is -3.11. The predicted molar refractivity (Wildman–Crippen MR) is 134 cm³/mol. The lowest BCUT2D eigenvalue weighted by molar-refractivity contribution is -0.110. The van der Waals surface area contributed by atoms with Crippen molar-refractivity contribution in [3.63, 3.8) is 0 Å². The average Bonchev–Trinajstić information content (AvgIpc) is 3.14. The Morgan fingerprint density at radius 2 is 1.72 bits per heavy atom. The van der Waals surface area contributed by atoms with Crippen LogP contribution in [-0.4, -0.2) is 43.5 Å². The van der Waals surface area contributed by atoms with E-state index in [4.69, 9.17) is 0 Å². The highest BCUT2D eigenvalue weighted by molar-refractivity contribution is 6.32. The van der Waals surface area contributed by atoms with E-state index >= 15 is 0 Å². The zero-order valence-electron chi connectivity index (χ0n) is 19.0. The van der Waals surface area contributed by atoms with Gasteiger partial charge in [-0.1, -0.05) is 48.0 Å². The number of hydrogen-bond acceptors (Lipinski definition) is 3. The molecule has 2 aliphatic heterocycles. The summed E-state index contributed by atoms with van der Waals surface area (Å²) in [5.74, 6) is 0.0289. The molecule has 3 aromatic rings. The normalized spacial score (nSPS) is 16.4. The Morgan fingerprint density at radius 1 is 0.938 bits per heavy atom. The van der Waals surface area contributed by atoms with Gasteiger partial charge in [0.2, 0.25) is 0 Å². The van der Waals surface area contributed by atoms with Crippen LogP contribution < -0.4 is 10.2 Å². The fraction of sp³-hybridized carbons (Fsp3) is 0.321. The van der Waals surface area contributed by atoms with Crippen molar-refractivity contribution >= 4 is 33.6 Å². The molecule has 0 bridgehead atoms. The Labute approximate surface area is 190 Å². The number of nitrogens with zero attached hydrogens (tertiary/aromatic N) is 2. The van der Waals surface area contributed by atoms with Crippen molar-refractivity contribution in [2.24, 2.45) is 0 Å². The van der Waals surface area contributed by atoms with Crippen molar-refractivity contribution in [1.82, 2.24) is 4.90 Å². The van der Waals surface area contributed by atoms with E-state index < -0.39 is 0 Å². The lowest BCUT2D eigenvalue weighted by Crippen LogP contribution is -2.46. The molecule has 4 heteroatoms. The van der Waals surface area contributed by atoms with Crippen molar-refractivity contribution in [3.8, 4) is 0 Å². The van der Waals surface area contributed by atoms with Gasteiger partial charge >= 0.3 is 0 Å². The molecule has 32 heavy (non-hydrogen) atoms. The molecule has 1 amide bonds. The molecule has 3 aromatic carbocycles. The minimum absolute atomic E-state index is 0.0289. The molecule has 0 unspecified atom stereocenters. The summed E-state index contributed by atoms with van der Waals surface area (Å²) in [6.45, 7) is 9.49. The number of benzene rings is 3. The van der Waals surface area contributed by atoms with Crippen molar-refractivity contribution in [2.45, 2.75) is 26.7 Å². The van der Waals surface area contributed by atoms with Crippen LogP contribution in [-0.2, 0) is 11.2 Å². The molecule has 2 aliphatic rings. The number of hydrogen-bond donors (Lipinski definition) is 1. The van der Waals surface area contributed by atoms with Crippen molar-refractivity contribution in [1.29, 1.82) is 0 Å². The molecule has 164 valence electrons. The number of carbonyl (C=O) groups is 1. The van der Waals surface area contributed by atoms with Gasteiger partial charge in [-0.2, -0.15) is 0 Å². The molecule has 1 saturated heterocycles. The molecule has 0 spiro atoms. The van der Waals surface area contributed by atoms with E-state index in [1.165, 1.54) is 22.0 Å². The molecule has 1 fully saturated rings. The molecule has 0 saturated carbocycles. The van der Waals surface area contributed by atoms with Crippen LogP contribution in [0, 0.1) is 0 Å². The standard InChI is InChI=1S/C28H31N3O/c1-20(2)27-24-19-21(12-13-25(24)29-28(27)32)7-6-14-30-15-17-31(18-16-30)26-11-5-9-22-8-3-4-10-23(22)26/h3-5,8-13,19H,6-7,14-18H2,1-2H3,(H,29,32). The number of aryl methyl sites for hydroxylation is 1. The maximum atomic E-state index is 12.2. The van der Waals surface area contributed by atoms with Crippen molar-refractivity contribution in [2.75, 3.05) is 42.9 Å². The summed E-state index contributed by atoms with van der Waals surface area (Å²) in [6, 6.07) is 21.7. The largest absolute Gasteiger partial charge is 0.368 e. The summed E-state index contributed by atoms with van der Waals surface area (Å²) in [5.41, 5.74) is 6.59. The minimum atomic E-state index is 0.0289. The lowest BCUT2D eigenvalue weighted by atomic mass is 9.99. The number of anilines is 2. The van der Waals surface area contributed by atoms with Gasteiger partial charge in [-0.3, -0.25) is 9.69 Å². The molecule has 0 aliphatic carbocycles. The second-order valence-electron chi connectivity index (χ2n) is 9.14. The fourth-order valence-electron chi connectivity index (χ4n) is 5.07. The average molecular weight is 426 g/mol. The van der Waals surface area contributed by atoms with E-state index in [0.29, 0.717) is 0 Å². The summed E-state index contributed by atoms with van der Waals surface area (Å²) >= 11 is 0. The van der Waals surface area contributed by atoms with Crippen molar-refractivity contribution in [3.05, 3.63) is 77.4 Å². The Kier molecular flexibility index (Phi) is 5.71.